The first-order valence-electron chi connectivity index (χ1n) is 11.2. The summed E-state index contributed by atoms with van der Waals surface area (Å²) >= 11 is 0. The average molecular weight is 456 g/mol. The number of esters is 1. The van der Waals surface area contributed by atoms with Gasteiger partial charge < -0.3 is 14.6 Å². The van der Waals surface area contributed by atoms with Crippen LogP contribution in [0.2, 0.25) is 0 Å². The predicted octanol–water partition coefficient (Wildman–Crippen LogP) is 3.26. The molecule has 1 aliphatic heterocycles. The smallest absolute Gasteiger partial charge is 0.327 e. The van der Waals surface area contributed by atoms with Crippen LogP contribution in [0, 0.1) is 11.3 Å². The molecule has 2 aromatic rings. The summed E-state index contributed by atoms with van der Waals surface area (Å²) in [5.41, 5.74) is -0.106. The lowest BCUT2D eigenvalue weighted by atomic mass is 9.67. The summed E-state index contributed by atoms with van der Waals surface area (Å²) in [6.45, 7) is 7.69. The number of urea groups is 1. The summed E-state index contributed by atoms with van der Waals surface area (Å²) < 4.78 is 10.6. The lowest BCUT2D eigenvalue weighted by Gasteiger charge is -2.40. The van der Waals surface area contributed by atoms with E-state index in [2.05, 4.69) is 41.2 Å². The van der Waals surface area contributed by atoms with Crippen LogP contribution in [0.3, 0.4) is 0 Å². The molecule has 1 unspecified atom stereocenters. The lowest BCUT2D eigenvalue weighted by Crippen LogP contribution is -2.50. The standard InChI is InChI=1S/C23H29N5O5/c1-14(19-25-18(27-33-19)15-6-5-11-24-12-15)32-17(29)13-28-20(30)23(26-21(28)31)9-7-16(8-10-23)22(2,3)4/h5-6,11-12,14,16H,7-10,13H2,1-4H3,(H,26,31). The fourth-order valence-electron chi connectivity index (χ4n) is 4.56. The average Bonchev–Trinajstić information content (AvgIpc) is 3.35. The molecular weight excluding hydrogens is 426 g/mol. The minimum Gasteiger partial charge on any atom is -0.451 e. The number of hydrogen-bond acceptors (Lipinski definition) is 8. The molecule has 1 saturated carbocycles. The summed E-state index contributed by atoms with van der Waals surface area (Å²) in [5.74, 6) is -0.174. The third-order valence-electron chi connectivity index (χ3n) is 6.61. The van der Waals surface area contributed by atoms with Crippen LogP contribution in [0.5, 0.6) is 0 Å². The van der Waals surface area contributed by atoms with E-state index in [9.17, 15) is 14.4 Å². The Morgan fingerprint density at radius 2 is 2.06 bits per heavy atom. The van der Waals surface area contributed by atoms with Crippen molar-refractivity contribution in [3.8, 4) is 11.4 Å². The number of pyridine rings is 1. The normalized spacial score (nSPS) is 24.1. The highest BCUT2D eigenvalue weighted by atomic mass is 16.6. The van der Waals surface area contributed by atoms with Gasteiger partial charge in [-0.05, 0) is 56.1 Å². The number of rotatable bonds is 5. The minimum absolute atomic E-state index is 0.108. The monoisotopic (exact) mass is 455 g/mol. The van der Waals surface area contributed by atoms with Crippen LogP contribution in [-0.4, -0.2) is 50.0 Å². The maximum atomic E-state index is 13.1. The molecule has 1 spiro atoms. The fraction of sp³-hybridized carbons (Fsp3) is 0.565. The predicted molar refractivity (Wildman–Crippen MR) is 116 cm³/mol. The third kappa shape index (κ3) is 4.60. The summed E-state index contributed by atoms with van der Waals surface area (Å²) in [7, 11) is 0. The van der Waals surface area contributed by atoms with Gasteiger partial charge in [0.2, 0.25) is 5.82 Å². The molecule has 10 nitrogen and oxygen atoms in total. The first-order valence-corrected chi connectivity index (χ1v) is 11.2. The molecule has 176 valence electrons. The van der Waals surface area contributed by atoms with Gasteiger partial charge in [-0.25, -0.2) is 4.79 Å². The Balaban J connectivity index is 1.35. The molecule has 2 fully saturated rings. The SMILES string of the molecule is CC(OC(=O)CN1C(=O)NC2(CCC(C(C)(C)C)CC2)C1=O)c1nc(-c2cccnc2)no1. The van der Waals surface area contributed by atoms with Crippen molar-refractivity contribution in [1.82, 2.24) is 25.3 Å². The van der Waals surface area contributed by atoms with Crippen LogP contribution >= 0.6 is 0 Å². The lowest BCUT2D eigenvalue weighted by molar-refractivity contribution is -0.153. The maximum Gasteiger partial charge on any atom is 0.327 e. The highest BCUT2D eigenvalue weighted by molar-refractivity contribution is 6.08. The molecule has 1 saturated heterocycles. The number of ether oxygens (including phenoxy) is 1. The van der Waals surface area contributed by atoms with Crippen LogP contribution in [0.4, 0.5) is 4.79 Å². The molecule has 1 atom stereocenters. The summed E-state index contributed by atoms with van der Waals surface area (Å²) in [4.78, 5) is 47.3. The Morgan fingerprint density at radius 1 is 1.33 bits per heavy atom. The zero-order chi connectivity index (χ0) is 23.8. The Bertz CT molecular complexity index is 1040. The van der Waals surface area contributed by atoms with Crippen molar-refractivity contribution < 1.29 is 23.6 Å². The van der Waals surface area contributed by atoms with Gasteiger partial charge in [-0.15, -0.1) is 0 Å². The molecule has 33 heavy (non-hydrogen) atoms. The van der Waals surface area contributed by atoms with Gasteiger partial charge in [0.05, 0.1) is 0 Å². The van der Waals surface area contributed by atoms with Gasteiger partial charge >= 0.3 is 12.0 Å². The van der Waals surface area contributed by atoms with Gasteiger partial charge in [0, 0.05) is 18.0 Å². The van der Waals surface area contributed by atoms with Crippen LogP contribution in [0.15, 0.2) is 29.0 Å². The van der Waals surface area contributed by atoms with Crippen LogP contribution in [0.1, 0.15) is 65.4 Å². The van der Waals surface area contributed by atoms with E-state index in [0.717, 1.165) is 17.7 Å². The Labute approximate surface area is 192 Å². The minimum atomic E-state index is -0.921. The number of amides is 3. The largest absolute Gasteiger partial charge is 0.451 e. The first-order chi connectivity index (χ1) is 15.6. The van der Waals surface area contributed by atoms with E-state index < -0.39 is 30.2 Å². The zero-order valence-corrected chi connectivity index (χ0v) is 19.3. The Hall–Kier alpha value is -3.30. The second-order valence-corrected chi connectivity index (χ2v) is 9.87. The second kappa shape index (κ2) is 8.57. The van der Waals surface area contributed by atoms with Crippen molar-refractivity contribution in [2.75, 3.05) is 6.54 Å². The number of nitrogens with zero attached hydrogens (tertiary/aromatic N) is 4. The van der Waals surface area contributed by atoms with Gasteiger partial charge in [0.15, 0.2) is 6.10 Å². The van der Waals surface area contributed by atoms with Gasteiger partial charge in [-0.2, -0.15) is 4.98 Å². The second-order valence-electron chi connectivity index (χ2n) is 9.87. The molecule has 2 aliphatic rings. The van der Waals surface area contributed by atoms with Crippen LogP contribution in [-0.2, 0) is 14.3 Å². The maximum absolute atomic E-state index is 13.1. The number of carbonyl (C=O) groups excluding carboxylic acids is 3. The molecule has 0 aromatic carbocycles. The molecule has 4 rings (SSSR count). The van der Waals surface area contributed by atoms with Crippen molar-refractivity contribution in [1.29, 1.82) is 0 Å². The quantitative estimate of drug-likeness (QED) is 0.537. The molecule has 1 aliphatic carbocycles. The van der Waals surface area contributed by atoms with Crippen molar-refractivity contribution >= 4 is 17.9 Å². The first kappa shape index (κ1) is 22.9. The molecule has 3 amide bonds. The Morgan fingerprint density at radius 3 is 2.70 bits per heavy atom. The molecule has 3 heterocycles. The van der Waals surface area contributed by atoms with Crippen molar-refractivity contribution in [3.05, 3.63) is 30.4 Å². The molecule has 0 bridgehead atoms. The summed E-state index contributed by atoms with van der Waals surface area (Å²) in [6.07, 6.45) is 5.22. The van der Waals surface area contributed by atoms with Gasteiger partial charge in [-0.3, -0.25) is 19.5 Å². The summed E-state index contributed by atoms with van der Waals surface area (Å²) in [6, 6.07) is 2.96. The number of hydrogen-bond donors (Lipinski definition) is 1. The molecular formula is C23H29N5O5. The fourth-order valence-corrected chi connectivity index (χ4v) is 4.56. The van der Waals surface area contributed by atoms with E-state index in [1.165, 1.54) is 0 Å². The molecule has 10 heteroatoms. The van der Waals surface area contributed by atoms with Crippen molar-refractivity contribution in [2.24, 2.45) is 11.3 Å². The van der Waals surface area contributed by atoms with E-state index in [-0.39, 0.29) is 17.2 Å². The summed E-state index contributed by atoms with van der Waals surface area (Å²) in [5, 5.41) is 6.71. The molecule has 2 aromatic heterocycles. The van der Waals surface area contributed by atoms with E-state index in [1.807, 2.05) is 0 Å². The van der Waals surface area contributed by atoms with Crippen LogP contribution < -0.4 is 5.32 Å². The topological polar surface area (TPSA) is 128 Å². The highest BCUT2D eigenvalue weighted by Gasteiger charge is 2.53. The molecule has 0 radical (unpaired) electrons. The number of carbonyl (C=O) groups is 3. The number of aromatic nitrogens is 3. The van der Waals surface area contributed by atoms with E-state index in [4.69, 9.17) is 9.26 Å². The van der Waals surface area contributed by atoms with Crippen molar-refractivity contribution in [3.63, 3.8) is 0 Å². The van der Waals surface area contributed by atoms with Gasteiger partial charge in [-0.1, -0.05) is 25.9 Å². The number of imide groups is 1. The number of nitrogens with one attached hydrogen (secondary N) is 1. The van der Waals surface area contributed by atoms with Crippen molar-refractivity contribution in [2.45, 2.75) is 65.0 Å². The molecule has 1 N–H and O–H groups in total. The van der Waals surface area contributed by atoms with E-state index in [1.54, 1.807) is 31.5 Å². The van der Waals surface area contributed by atoms with Crippen LogP contribution in [0.25, 0.3) is 11.4 Å². The van der Waals surface area contributed by atoms with E-state index in [0.29, 0.717) is 30.1 Å². The third-order valence-corrected chi connectivity index (χ3v) is 6.61. The van der Waals surface area contributed by atoms with Gasteiger partial charge in [0.25, 0.3) is 11.8 Å². The zero-order valence-electron chi connectivity index (χ0n) is 19.3. The highest BCUT2D eigenvalue weighted by Crippen LogP contribution is 2.43. The Kier molecular flexibility index (Phi) is 5.94. The van der Waals surface area contributed by atoms with E-state index >= 15 is 0 Å². The van der Waals surface area contributed by atoms with Gasteiger partial charge in [0.1, 0.15) is 12.1 Å².